The Balaban J connectivity index is 1.56. The van der Waals surface area contributed by atoms with E-state index >= 15 is 0 Å². The van der Waals surface area contributed by atoms with E-state index in [2.05, 4.69) is 18.8 Å². The Morgan fingerprint density at radius 3 is 2.91 bits per heavy atom. The van der Waals surface area contributed by atoms with Crippen molar-refractivity contribution in [1.82, 2.24) is 9.88 Å². The van der Waals surface area contributed by atoms with Crippen LogP contribution in [0.25, 0.3) is 0 Å². The molecule has 0 saturated carbocycles. The maximum atomic E-state index is 12.5. The Labute approximate surface area is 135 Å². The molecule has 0 spiro atoms. The molecule has 1 atom stereocenters. The molecule has 0 aliphatic carbocycles. The third kappa shape index (κ3) is 3.67. The minimum Gasteiger partial charge on any atom is -0.350 e. The van der Waals surface area contributed by atoms with Crippen LogP contribution in [0.2, 0.25) is 0 Å². The van der Waals surface area contributed by atoms with E-state index in [0.717, 1.165) is 36.6 Å². The summed E-state index contributed by atoms with van der Waals surface area (Å²) in [7, 11) is 0. The molecule has 6 heteroatoms. The molecule has 5 nitrogen and oxygen atoms in total. The Morgan fingerprint density at radius 2 is 2.23 bits per heavy atom. The van der Waals surface area contributed by atoms with Crippen LogP contribution < -0.4 is 0 Å². The molecule has 0 radical (unpaired) electrons. The van der Waals surface area contributed by atoms with Crippen LogP contribution in [0, 0.1) is 5.92 Å². The zero-order valence-electron chi connectivity index (χ0n) is 13.3. The van der Waals surface area contributed by atoms with Gasteiger partial charge >= 0.3 is 0 Å². The molecule has 22 heavy (non-hydrogen) atoms. The molecule has 1 aromatic rings. The second-order valence-corrected chi connectivity index (χ2v) is 7.25. The summed E-state index contributed by atoms with van der Waals surface area (Å²) in [5.74, 6) is 0.898. The Kier molecular flexibility index (Phi) is 5.10. The molecule has 122 valence electrons. The predicted octanol–water partition coefficient (Wildman–Crippen LogP) is 2.42. The smallest absolute Gasteiger partial charge is 0.228 e. The molecular formula is C16H24N2O3S. The fourth-order valence-corrected chi connectivity index (χ4v) is 3.88. The van der Waals surface area contributed by atoms with Crippen molar-refractivity contribution < 1.29 is 14.3 Å². The summed E-state index contributed by atoms with van der Waals surface area (Å²) in [6, 6.07) is 0. The third-order valence-electron chi connectivity index (χ3n) is 4.24. The number of piperidine rings is 1. The lowest BCUT2D eigenvalue weighted by Gasteiger charge is -2.34. The molecule has 3 heterocycles. The van der Waals surface area contributed by atoms with Crippen LogP contribution >= 0.6 is 11.3 Å². The van der Waals surface area contributed by atoms with Gasteiger partial charge in [0.2, 0.25) is 5.91 Å². The fraction of sp³-hybridized carbons (Fsp3) is 0.750. The lowest BCUT2D eigenvalue weighted by atomic mass is 9.97. The van der Waals surface area contributed by atoms with Crippen LogP contribution in [-0.2, 0) is 20.7 Å². The van der Waals surface area contributed by atoms with Crippen molar-refractivity contribution >= 4 is 17.2 Å². The first-order chi connectivity index (χ1) is 10.6. The number of nitrogens with zero attached hydrogens (tertiary/aromatic N) is 2. The summed E-state index contributed by atoms with van der Waals surface area (Å²) in [5.41, 5.74) is 0.897. The van der Waals surface area contributed by atoms with E-state index in [9.17, 15) is 4.79 Å². The summed E-state index contributed by atoms with van der Waals surface area (Å²) < 4.78 is 11.2. The van der Waals surface area contributed by atoms with Crippen molar-refractivity contribution in [3.8, 4) is 0 Å². The molecule has 0 N–H and O–H groups in total. The van der Waals surface area contributed by atoms with Crippen molar-refractivity contribution in [2.75, 3.05) is 26.3 Å². The number of aromatic nitrogens is 1. The Bertz CT molecular complexity index is 511. The molecule has 2 aliphatic heterocycles. The SMILES string of the molecule is CC(C)c1nc(CC(=O)N2CCCC(C3OCCO3)C2)cs1. The van der Waals surface area contributed by atoms with E-state index in [1.807, 2.05) is 10.3 Å². The minimum atomic E-state index is -0.123. The zero-order valence-corrected chi connectivity index (χ0v) is 14.1. The van der Waals surface area contributed by atoms with Crippen LogP contribution in [0.1, 0.15) is 43.3 Å². The molecule has 0 aromatic carbocycles. The van der Waals surface area contributed by atoms with E-state index in [4.69, 9.17) is 9.47 Å². The number of thiazole rings is 1. The van der Waals surface area contributed by atoms with Gasteiger partial charge in [0.15, 0.2) is 6.29 Å². The summed E-state index contributed by atoms with van der Waals surface area (Å²) in [6.07, 6.45) is 2.38. The van der Waals surface area contributed by atoms with E-state index in [-0.39, 0.29) is 12.2 Å². The monoisotopic (exact) mass is 324 g/mol. The van der Waals surface area contributed by atoms with E-state index in [1.54, 1.807) is 11.3 Å². The molecular weight excluding hydrogens is 300 g/mol. The van der Waals surface area contributed by atoms with Crippen LogP contribution in [0.3, 0.4) is 0 Å². The van der Waals surface area contributed by atoms with Crippen LogP contribution in [0.4, 0.5) is 0 Å². The van der Waals surface area contributed by atoms with Crippen molar-refractivity contribution in [1.29, 1.82) is 0 Å². The highest BCUT2D eigenvalue weighted by Gasteiger charge is 2.32. The van der Waals surface area contributed by atoms with Gasteiger partial charge in [0.1, 0.15) is 0 Å². The topological polar surface area (TPSA) is 51.7 Å². The number of carbonyl (C=O) groups is 1. The number of rotatable bonds is 4. The summed E-state index contributed by atoms with van der Waals surface area (Å²) >= 11 is 1.65. The van der Waals surface area contributed by atoms with Crippen LogP contribution in [0.5, 0.6) is 0 Å². The zero-order chi connectivity index (χ0) is 15.5. The first-order valence-corrected chi connectivity index (χ1v) is 8.96. The van der Waals surface area contributed by atoms with Gasteiger partial charge in [-0.2, -0.15) is 0 Å². The van der Waals surface area contributed by atoms with E-state index in [1.165, 1.54) is 0 Å². The number of ether oxygens (including phenoxy) is 2. The number of likely N-dealkylation sites (tertiary alicyclic amines) is 1. The van der Waals surface area contributed by atoms with Gasteiger partial charge in [0.25, 0.3) is 0 Å². The average molecular weight is 324 g/mol. The summed E-state index contributed by atoms with van der Waals surface area (Å²) in [5, 5.41) is 3.12. The van der Waals surface area contributed by atoms with Gasteiger partial charge in [-0.3, -0.25) is 4.79 Å². The normalized spacial score (nSPS) is 23.4. The van der Waals surface area contributed by atoms with Crippen molar-refractivity contribution in [2.24, 2.45) is 5.92 Å². The molecule has 1 unspecified atom stereocenters. The second kappa shape index (κ2) is 7.06. The number of hydrogen-bond acceptors (Lipinski definition) is 5. The summed E-state index contributed by atoms with van der Waals surface area (Å²) in [4.78, 5) is 19.0. The second-order valence-electron chi connectivity index (χ2n) is 6.36. The fourth-order valence-electron chi connectivity index (χ4n) is 3.04. The van der Waals surface area contributed by atoms with E-state index < -0.39 is 0 Å². The van der Waals surface area contributed by atoms with Crippen LogP contribution in [0.15, 0.2) is 5.38 Å². The van der Waals surface area contributed by atoms with Gasteiger partial charge in [-0.05, 0) is 12.8 Å². The maximum Gasteiger partial charge on any atom is 0.228 e. The average Bonchev–Trinajstić information content (AvgIpc) is 3.19. The minimum absolute atomic E-state index is 0.123. The highest BCUT2D eigenvalue weighted by molar-refractivity contribution is 7.09. The third-order valence-corrected chi connectivity index (χ3v) is 5.43. The van der Waals surface area contributed by atoms with Gasteiger partial charge in [0, 0.05) is 30.3 Å². The molecule has 1 aromatic heterocycles. The van der Waals surface area contributed by atoms with Gasteiger partial charge in [-0.1, -0.05) is 13.8 Å². The van der Waals surface area contributed by atoms with Gasteiger partial charge < -0.3 is 14.4 Å². The summed E-state index contributed by atoms with van der Waals surface area (Å²) in [6.45, 7) is 7.17. The van der Waals surface area contributed by atoms with Crippen molar-refractivity contribution in [3.05, 3.63) is 16.1 Å². The lowest BCUT2D eigenvalue weighted by molar-refractivity contribution is -0.138. The highest BCUT2D eigenvalue weighted by Crippen LogP contribution is 2.26. The quantitative estimate of drug-likeness (QED) is 0.853. The molecule has 1 amide bonds. The lowest BCUT2D eigenvalue weighted by Crippen LogP contribution is -2.44. The van der Waals surface area contributed by atoms with Crippen molar-refractivity contribution in [3.63, 3.8) is 0 Å². The Morgan fingerprint density at radius 1 is 1.45 bits per heavy atom. The number of hydrogen-bond donors (Lipinski definition) is 0. The van der Waals surface area contributed by atoms with Crippen LogP contribution in [-0.4, -0.2) is 48.4 Å². The number of carbonyl (C=O) groups excluding carboxylic acids is 1. The molecule has 3 rings (SSSR count). The highest BCUT2D eigenvalue weighted by atomic mass is 32.1. The first kappa shape index (κ1) is 15.9. The van der Waals surface area contributed by atoms with Gasteiger partial charge in [-0.25, -0.2) is 4.98 Å². The molecule has 2 aliphatic rings. The van der Waals surface area contributed by atoms with Gasteiger partial charge in [-0.15, -0.1) is 11.3 Å². The molecule has 2 saturated heterocycles. The largest absolute Gasteiger partial charge is 0.350 e. The molecule has 2 fully saturated rings. The standard InChI is InChI=1S/C16H24N2O3S/c1-11(2)15-17-13(10-22-15)8-14(19)18-5-3-4-12(9-18)16-20-6-7-21-16/h10-12,16H,3-9H2,1-2H3. The number of amides is 1. The Hall–Kier alpha value is -0.980. The first-order valence-electron chi connectivity index (χ1n) is 8.08. The van der Waals surface area contributed by atoms with E-state index in [0.29, 0.717) is 31.5 Å². The van der Waals surface area contributed by atoms with Crippen molar-refractivity contribution in [2.45, 2.75) is 45.3 Å². The molecule has 0 bridgehead atoms. The van der Waals surface area contributed by atoms with Gasteiger partial charge in [0.05, 0.1) is 30.3 Å². The maximum absolute atomic E-state index is 12.5. The predicted molar refractivity (Wildman–Crippen MR) is 84.9 cm³/mol.